The van der Waals surface area contributed by atoms with Crippen LogP contribution in [0.5, 0.6) is 0 Å². The smallest absolute Gasteiger partial charge is 0.0500 e. The molecule has 0 aromatic carbocycles. The molecule has 0 aromatic heterocycles. The molecular weight excluding hydrogens is 200 g/mol. The summed E-state index contributed by atoms with van der Waals surface area (Å²) in [6, 6.07) is 0.862. The first kappa shape index (κ1) is 12.3. The second kappa shape index (κ2) is 5.99. The maximum absolute atomic E-state index is 5.19. The van der Waals surface area contributed by atoms with Gasteiger partial charge in [-0.15, -0.1) is 0 Å². The SMILES string of the molecule is COCC(C)CN1CCC(CNC2CC2)C1. The van der Waals surface area contributed by atoms with E-state index in [-0.39, 0.29) is 0 Å². The summed E-state index contributed by atoms with van der Waals surface area (Å²) in [6.45, 7) is 8.17. The highest BCUT2D eigenvalue weighted by Crippen LogP contribution is 2.21. The van der Waals surface area contributed by atoms with Gasteiger partial charge in [-0.1, -0.05) is 6.92 Å². The Morgan fingerprint density at radius 2 is 2.19 bits per heavy atom. The average Bonchev–Trinajstić information content (AvgIpc) is 2.98. The highest BCUT2D eigenvalue weighted by Gasteiger charge is 2.26. The van der Waals surface area contributed by atoms with Crippen LogP contribution in [-0.2, 0) is 4.74 Å². The molecule has 2 aliphatic rings. The molecule has 1 saturated carbocycles. The number of nitrogens with one attached hydrogen (secondary N) is 1. The van der Waals surface area contributed by atoms with Crippen LogP contribution in [0.4, 0.5) is 0 Å². The Morgan fingerprint density at radius 1 is 1.38 bits per heavy atom. The summed E-state index contributed by atoms with van der Waals surface area (Å²) in [7, 11) is 1.79. The van der Waals surface area contributed by atoms with Crippen LogP contribution >= 0.6 is 0 Å². The number of methoxy groups -OCH3 is 1. The third kappa shape index (κ3) is 4.04. The van der Waals surface area contributed by atoms with Crippen LogP contribution < -0.4 is 5.32 Å². The van der Waals surface area contributed by atoms with Crippen molar-refractivity contribution in [1.82, 2.24) is 10.2 Å². The minimum atomic E-state index is 0.667. The van der Waals surface area contributed by atoms with Gasteiger partial charge in [0, 0.05) is 32.8 Å². The number of ether oxygens (including phenoxy) is 1. The van der Waals surface area contributed by atoms with Crippen molar-refractivity contribution in [1.29, 1.82) is 0 Å². The highest BCUT2D eigenvalue weighted by molar-refractivity contribution is 4.84. The van der Waals surface area contributed by atoms with Crippen molar-refractivity contribution in [2.75, 3.05) is 39.9 Å². The minimum Gasteiger partial charge on any atom is -0.384 e. The largest absolute Gasteiger partial charge is 0.384 e. The second-order valence-corrected chi connectivity index (χ2v) is 5.66. The fourth-order valence-corrected chi connectivity index (χ4v) is 2.64. The van der Waals surface area contributed by atoms with E-state index in [0.717, 1.165) is 18.6 Å². The topological polar surface area (TPSA) is 24.5 Å². The standard InChI is InChI=1S/C13H26N2O/c1-11(10-16-2)8-15-6-5-12(9-15)7-14-13-3-4-13/h11-14H,3-10H2,1-2H3. The Hall–Kier alpha value is -0.120. The fourth-order valence-electron chi connectivity index (χ4n) is 2.64. The molecule has 0 radical (unpaired) electrons. The Balaban J connectivity index is 1.58. The lowest BCUT2D eigenvalue weighted by Gasteiger charge is -2.20. The fraction of sp³-hybridized carbons (Fsp3) is 1.00. The molecule has 1 N–H and O–H groups in total. The molecule has 16 heavy (non-hydrogen) atoms. The zero-order valence-electron chi connectivity index (χ0n) is 10.7. The normalized spacial score (nSPS) is 28.5. The summed E-state index contributed by atoms with van der Waals surface area (Å²) in [5.41, 5.74) is 0. The first-order valence-corrected chi connectivity index (χ1v) is 6.72. The lowest BCUT2D eigenvalue weighted by molar-refractivity contribution is 0.136. The first-order chi connectivity index (χ1) is 7.78. The molecule has 3 heteroatoms. The summed E-state index contributed by atoms with van der Waals surface area (Å²) >= 11 is 0. The molecule has 2 fully saturated rings. The van der Waals surface area contributed by atoms with E-state index >= 15 is 0 Å². The van der Waals surface area contributed by atoms with E-state index in [1.807, 2.05) is 0 Å². The molecule has 0 spiro atoms. The lowest BCUT2D eigenvalue weighted by Crippen LogP contribution is -2.31. The highest BCUT2D eigenvalue weighted by atomic mass is 16.5. The molecule has 1 saturated heterocycles. The van der Waals surface area contributed by atoms with E-state index in [1.165, 1.54) is 45.4 Å². The quantitative estimate of drug-likeness (QED) is 0.709. The monoisotopic (exact) mass is 226 g/mol. The van der Waals surface area contributed by atoms with E-state index in [9.17, 15) is 0 Å². The van der Waals surface area contributed by atoms with Crippen LogP contribution in [0.2, 0.25) is 0 Å². The number of hydrogen-bond acceptors (Lipinski definition) is 3. The van der Waals surface area contributed by atoms with Crippen LogP contribution in [-0.4, -0.2) is 50.8 Å². The molecule has 2 atom stereocenters. The number of rotatable bonds is 7. The predicted molar refractivity (Wildman–Crippen MR) is 66.6 cm³/mol. The maximum Gasteiger partial charge on any atom is 0.0500 e. The molecule has 0 aromatic rings. The van der Waals surface area contributed by atoms with Gasteiger partial charge in [0.2, 0.25) is 0 Å². The molecule has 2 unspecified atom stereocenters. The number of hydrogen-bond donors (Lipinski definition) is 1. The van der Waals surface area contributed by atoms with E-state index < -0.39 is 0 Å². The van der Waals surface area contributed by atoms with Gasteiger partial charge in [-0.05, 0) is 44.2 Å². The Kier molecular flexibility index (Phi) is 4.62. The van der Waals surface area contributed by atoms with Crippen molar-refractivity contribution in [2.45, 2.75) is 32.2 Å². The summed E-state index contributed by atoms with van der Waals surface area (Å²) in [5.74, 6) is 1.55. The van der Waals surface area contributed by atoms with Crippen LogP contribution in [0.1, 0.15) is 26.2 Å². The zero-order valence-corrected chi connectivity index (χ0v) is 10.7. The molecule has 94 valence electrons. The van der Waals surface area contributed by atoms with Gasteiger partial charge in [-0.25, -0.2) is 0 Å². The second-order valence-electron chi connectivity index (χ2n) is 5.66. The van der Waals surface area contributed by atoms with Crippen molar-refractivity contribution in [2.24, 2.45) is 11.8 Å². The third-order valence-corrected chi connectivity index (χ3v) is 3.66. The summed E-state index contributed by atoms with van der Waals surface area (Å²) in [4.78, 5) is 2.60. The van der Waals surface area contributed by atoms with Crippen molar-refractivity contribution in [3.63, 3.8) is 0 Å². The van der Waals surface area contributed by atoms with E-state index in [2.05, 4.69) is 17.1 Å². The number of nitrogens with zero attached hydrogens (tertiary/aromatic N) is 1. The van der Waals surface area contributed by atoms with E-state index in [4.69, 9.17) is 4.74 Å². The third-order valence-electron chi connectivity index (χ3n) is 3.66. The molecule has 0 bridgehead atoms. The predicted octanol–water partition coefficient (Wildman–Crippen LogP) is 1.34. The molecule has 0 amide bonds. The zero-order chi connectivity index (χ0) is 11.4. The van der Waals surface area contributed by atoms with Gasteiger partial charge in [-0.2, -0.15) is 0 Å². The van der Waals surface area contributed by atoms with Crippen molar-refractivity contribution >= 4 is 0 Å². The minimum absolute atomic E-state index is 0.667. The van der Waals surface area contributed by atoms with E-state index in [0.29, 0.717) is 5.92 Å². The number of likely N-dealkylation sites (tertiary alicyclic amines) is 1. The van der Waals surface area contributed by atoms with Gasteiger partial charge < -0.3 is 15.0 Å². The summed E-state index contributed by atoms with van der Waals surface area (Å²) in [6.07, 6.45) is 4.18. The first-order valence-electron chi connectivity index (χ1n) is 6.72. The molecule has 1 heterocycles. The van der Waals surface area contributed by atoms with Crippen molar-refractivity contribution in [3.8, 4) is 0 Å². The van der Waals surface area contributed by atoms with Gasteiger partial charge in [0.25, 0.3) is 0 Å². The molecule has 1 aliphatic carbocycles. The van der Waals surface area contributed by atoms with Crippen LogP contribution in [0.15, 0.2) is 0 Å². The van der Waals surface area contributed by atoms with E-state index in [1.54, 1.807) is 7.11 Å². The van der Waals surface area contributed by atoms with Gasteiger partial charge in [0.1, 0.15) is 0 Å². The van der Waals surface area contributed by atoms with Crippen LogP contribution in [0.25, 0.3) is 0 Å². The van der Waals surface area contributed by atoms with Crippen LogP contribution in [0, 0.1) is 11.8 Å². The Morgan fingerprint density at radius 3 is 2.88 bits per heavy atom. The van der Waals surface area contributed by atoms with Crippen LogP contribution in [0.3, 0.4) is 0 Å². The van der Waals surface area contributed by atoms with Gasteiger partial charge >= 0.3 is 0 Å². The van der Waals surface area contributed by atoms with Gasteiger partial charge in [0.15, 0.2) is 0 Å². The van der Waals surface area contributed by atoms with Gasteiger partial charge in [0.05, 0.1) is 0 Å². The van der Waals surface area contributed by atoms with Crippen molar-refractivity contribution in [3.05, 3.63) is 0 Å². The summed E-state index contributed by atoms with van der Waals surface area (Å²) < 4.78 is 5.19. The molecule has 2 rings (SSSR count). The van der Waals surface area contributed by atoms with Gasteiger partial charge in [-0.3, -0.25) is 0 Å². The summed E-state index contributed by atoms with van der Waals surface area (Å²) in [5, 5.41) is 3.65. The maximum atomic E-state index is 5.19. The van der Waals surface area contributed by atoms with Crippen molar-refractivity contribution < 1.29 is 4.74 Å². The Labute approximate surface area is 99.5 Å². The average molecular weight is 226 g/mol. The Bertz CT molecular complexity index is 206. The lowest BCUT2D eigenvalue weighted by atomic mass is 10.1. The molecule has 1 aliphatic heterocycles. The molecular formula is C13H26N2O. The molecule has 3 nitrogen and oxygen atoms in total.